The third-order valence-electron chi connectivity index (χ3n) is 4.01. The third-order valence-corrected chi connectivity index (χ3v) is 4.81. The predicted octanol–water partition coefficient (Wildman–Crippen LogP) is 5.73. The molecule has 0 amide bonds. The molecule has 1 aromatic heterocycles. The normalized spacial score (nSPS) is 11.7. The van der Waals surface area contributed by atoms with Gasteiger partial charge in [0.25, 0.3) is 0 Å². The fraction of sp³-hybridized carbons (Fsp3) is 0.273. The minimum Gasteiger partial charge on any atom is -0.490 e. The van der Waals surface area contributed by atoms with E-state index >= 15 is 0 Å². The largest absolute Gasteiger partial charge is 0.490 e. The number of ether oxygens (including phenoxy) is 2. The highest BCUT2D eigenvalue weighted by molar-refractivity contribution is 14.1. The Bertz CT molecular complexity index is 1080. The molecule has 2 aromatic carbocycles. The number of benzene rings is 2. The number of imidazole rings is 1. The topological polar surface area (TPSA) is 70.9 Å². The Morgan fingerprint density at radius 1 is 1.32 bits per heavy atom. The van der Waals surface area contributed by atoms with Crippen LogP contribution in [0.15, 0.2) is 30.3 Å². The SMILES string of the molecule is CCOc1cc(/C=C(/C#N)c2nc3ccc(C)cc3[nH]2)cc(I)c1OC(C)C. The van der Waals surface area contributed by atoms with Crippen LogP contribution in [0.25, 0.3) is 22.7 Å². The molecule has 0 unspecified atom stereocenters. The van der Waals surface area contributed by atoms with Gasteiger partial charge in [-0.15, -0.1) is 0 Å². The number of hydrogen-bond acceptors (Lipinski definition) is 4. The van der Waals surface area contributed by atoms with Crippen LogP contribution in [0.2, 0.25) is 0 Å². The monoisotopic (exact) mass is 487 g/mol. The van der Waals surface area contributed by atoms with Gasteiger partial charge in [0.1, 0.15) is 11.9 Å². The van der Waals surface area contributed by atoms with Crippen LogP contribution in [-0.4, -0.2) is 22.7 Å². The van der Waals surface area contributed by atoms with Crippen LogP contribution in [-0.2, 0) is 0 Å². The van der Waals surface area contributed by atoms with Gasteiger partial charge >= 0.3 is 0 Å². The molecule has 3 aromatic rings. The van der Waals surface area contributed by atoms with Gasteiger partial charge in [-0.25, -0.2) is 4.98 Å². The molecule has 6 heteroatoms. The molecule has 0 aliphatic heterocycles. The van der Waals surface area contributed by atoms with Crippen LogP contribution in [0.4, 0.5) is 0 Å². The first-order valence-electron chi connectivity index (χ1n) is 9.12. The Morgan fingerprint density at radius 3 is 2.79 bits per heavy atom. The highest BCUT2D eigenvalue weighted by Gasteiger charge is 2.14. The number of fused-ring (bicyclic) bond motifs is 1. The molecule has 0 atom stereocenters. The Kier molecular flexibility index (Phi) is 6.25. The number of halogens is 1. The first kappa shape index (κ1) is 20.2. The summed E-state index contributed by atoms with van der Waals surface area (Å²) in [6, 6.07) is 12.1. The molecular weight excluding hydrogens is 465 g/mol. The van der Waals surface area contributed by atoms with Crippen LogP contribution in [0.1, 0.15) is 37.7 Å². The van der Waals surface area contributed by atoms with Crippen molar-refractivity contribution in [3.8, 4) is 17.6 Å². The van der Waals surface area contributed by atoms with Crippen molar-refractivity contribution >= 4 is 45.3 Å². The summed E-state index contributed by atoms with van der Waals surface area (Å²) in [5.74, 6) is 1.96. The molecular formula is C22H22IN3O2. The highest BCUT2D eigenvalue weighted by Crippen LogP contribution is 2.36. The van der Waals surface area contributed by atoms with E-state index in [0.717, 1.165) is 31.5 Å². The summed E-state index contributed by atoms with van der Waals surface area (Å²) in [5, 5.41) is 9.70. The van der Waals surface area contributed by atoms with E-state index in [-0.39, 0.29) is 6.10 Å². The Labute approximate surface area is 178 Å². The van der Waals surface area contributed by atoms with Crippen LogP contribution < -0.4 is 9.47 Å². The number of aromatic amines is 1. The summed E-state index contributed by atoms with van der Waals surface area (Å²) in [7, 11) is 0. The van der Waals surface area contributed by atoms with Crippen molar-refractivity contribution in [2.45, 2.75) is 33.8 Å². The van der Waals surface area contributed by atoms with Gasteiger partial charge in [-0.2, -0.15) is 5.26 Å². The van der Waals surface area contributed by atoms with Gasteiger partial charge in [-0.05, 0) is 91.8 Å². The summed E-state index contributed by atoms with van der Waals surface area (Å²) in [6.45, 7) is 8.46. The molecule has 0 radical (unpaired) electrons. The van der Waals surface area contributed by atoms with E-state index in [9.17, 15) is 5.26 Å². The third kappa shape index (κ3) is 4.47. The predicted molar refractivity (Wildman–Crippen MR) is 120 cm³/mol. The molecule has 0 aliphatic rings. The molecule has 0 bridgehead atoms. The van der Waals surface area contributed by atoms with E-state index < -0.39 is 0 Å². The lowest BCUT2D eigenvalue weighted by Gasteiger charge is -2.17. The number of nitrogens with zero attached hydrogens (tertiary/aromatic N) is 2. The molecule has 1 heterocycles. The minimum absolute atomic E-state index is 0.0442. The zero-order valence-electron chi connectivity index (χ0n) is 16.3. The Hall–Kier alpha value is -2.53. The van der Waals surface area contributed by atoms with E-state index in [2.05, 4.69) is 38.6 Å². The average Bonchev–Trinajstić information content (AvgIpc) is 3.05. The lowest BCUT2D eigenvalue weighted by Crippen LogP contribution is -2.09. The van der Waals surface area contributed by atoms with Gasteiger partial charge in [-0.1, -0.05) is 6.07 Å². The second-order valence-electron chi connectivity index (χ2n) is 6.71. The molecule has 3 rings (SSSR count). The van der Waals surface area contributed by atoms with Crippen LogP contribution >= 0.6 is 22.6 Å². The molecule has 144 valence electrons. The van der Waals surface area contributed by atoms with Crippen LogP contribution in [0, 0.1) is 21.8 Å². The fourth-order valence-electron chi connectivity index (χ4n) is 2.86. The number of hydrogen-bond donors (Lipinski definition) is 1. The maximum atomic E-state index is 9.70. The number of nitrogens with one attached hydrogen (secondary N) is 1. The zero-order valence-corrected chi connectivity index (χ0v) is 18.5. The van der Waals surface area contributed by atoms with Gasteiger partial charge < -0.3 is 14.5 Å². The fourth-order valence-corrected chi connectivity index (χ4v) is 3.61. The number of rotatable bonds is 6. The van der Waals surface area contributed by atoms with Gasteiger partial charge in [0, 0.05) is 0 Å². The van der Waals surface area contributed by atoms with Crippen molar-refractivity contribution in [3.63, 3.8) is 0 Å². The van der Waals surface area contributed by atoms with Crippen molar-refractivity contribution in [1.29, 1.82) is 5.26 Å². The first-order valence-corrected chi connectivity index (χ1v) is 10.2. The average molecular weight is 487 g/mol. The summed E-state index contributed by atoms with van der Waals surface area (Å²) in [4.78, 5) is 7.79. The number of aromatic nitrogens is 2. The molecule has 28 heavy (non-hydrogen) atoms. The number of allylic oxidation sites excluding steroid dienone is 1. The maximum Gasteiger partial charge on any atom is 0.174 e. The van der Waals surface area contributed by atoms with Gasteiger partial charge in [0.15, 0.2) is 11.5 Å². The maximum absolute atomic E-state index is 9.70. The lowest BCUT2D eigenvalue weighted by atomic mass is 10.1. The quantitative estimate of drug-likeness (QED) is 0.356. The molecule has 0 aliphatic carbocycles. The first-order chi connectivity index (χ1) is 13.4. The minimum atomic E-state index is 0.0442. The van der Waals surface area contributed by atoms with E-state index in [1.807, 2.05) is 64.1 Å². The second kappa shape index (κ2) is 8.65. The van der Waals surface area contributed by atoms with Gasteiger partial charge in [-0.3, -0.25) is 0 Å². The number of aryl methyl sites for hydroxylation is 1. The van der Waals surface area contributed by atoms with E-state index in [0.29, 0.717) is 23.8 Å². The van der Waals surface area contributed by atoms with Crippen molar-refractivity contribution in [2.75, 3.05) is 6.61 Å². The van der Waals surface area contributed by atoms with E-state index in [1.54, 1.807) is 0 Å². The molecule has 1 N–H and O–H groups in total. The van der Waals surface area contributed by atoms with Crippen molar-refractivity contribution < 1.29 is 9.47 Å². The molecule has 0 fully saturated rings. The number of H-pyrrole nitrogens is 1. The second-order valence-corrected chi connectivity index (χ2v) is 7.87. The van der Waals surface area contributed by atoms with Gasteiger partial charge in [0.2, 0.25) is 0 Å². The smallest absolute Gasteiger partial charge is 0.174 e. The van der Waals surface area contributed by atoms with Crippen LogP contribution in [0.5, 0.6) is 11.5 Å². The highest BCUT2D eigenvalue weighted by atomic mass is 127. The molecule has 0 saturated heterocycles. The standard InChI is InChI=1S/C22H22IN3O2/c1-5-27-20-11-15(10-17(23)21(20)28-13(2)3)9-16(12-24)22-25-18-7-6-14(4)8-19(18)26-22/h6-11,13H,5H2,1-4H3,(H,25,26)/b16-9-. The van der Waals surface area contributed by atoms with Gasteiger partial charge in [0.05, 0.1) is 32.9 Å². The van der Waals surface area contributed by atoms with E-state index in [4.69, 9.17) is 9.47 Å². The summed E-state index contributed by atoms with van der Waals surface area (Å²) in [6.07, 6.45) is 1.86. The van der Waals surface area contributed by atoms with Crippen molar-refractivity contribution in [3.05, 3.63) is 50.9 Å². The lowest BCUT2D eigenvalue weighted by molar-refractivity contribution is 0.222. The van der Waals surface area contributed by atoms with Crippen molar-refractivity contribution in [1.82, 2.24) is 9.97 Å². The Morgan fingerprint density at radius 2 is 2.11 bits per heavy atom. The van der Waals surface area contributed by atoms with Crippen molar-refractivity contribution in [2.24, 2.45) is 0 Å². The number of nitriles is 1. The van der Waals surface area contributed by atoms with E-state index in [1.165, 1.54) is 0 Å². The van der Waals surface area contributed by atoms with Crippen LogP contribution in [0.3, 0.4) is 0 Å². The molecule has 5 nitrogen and oxygen atoms in total. The Balaban J connectivity index is 2.05. The summed E-state index contributed by atoms with van der Waals surface area (Å²) in [5.41, 5.74) is 4.22. The summed E-state index contributed by atoms with van der Waals surface area (Å²) >= 11 is 2.23. The molecule has 0 spiro atoms. The summed E-state index contributed by atoms with van der Waals surface area (Å²) < 4.78 is 12.6. The molecule has 0 saturated carbocycles. The zero-order chi connectivity index (χ0) is 20.3.